The number of nitrogens with one attached hydrogen (secondary N) is 1. The van der Waals surface area contributed by atoms with Crippen LogP contribution in [0.2, 0.25) is 0 Å². The summed E-state index contributed by atoms with van der Waals surface area (Å²) < 4.78 is 0. The van der Waals surface area contributed by atoms with Crippen molar-refractivity contribution >= 4 is 17.5 Å². The van der Waals surface area contributed by atoms with Gasteiger partial charge in [-0.1, -0.05) is 6.07 Å². The van der Waals surface area contributed by atoms with Gasteiger partial charge >= 0.3 is 0 Å². The van der Waals surface area contributed by atoms with Gasteiger partial charge in [0, 0.05) is 11.6 Å². The van der Waals surface area contributed by atoms with Gasteiger partial charge in [-0.25, -0.2) is 0 Å². The minimum absolute atomic E-state index is 0.00866. The molecule has 0 spiro atoms. The number of benzene rings is 1. The normalized spacial score (nSPS) is 23.7. The fourth-order valence-corrected chi connectivity index (χ4v) is 2.56. The van der Waals surface area contributed by atoms with Gasteiger partial charge in [0.25, 0.3) is 5.91 Å². The fourth-order valence-electron chi connectivity index (χ4n) is 2.21. The van der Waals surface area contributed by atoms with Crippen LogP contribution in [0.25, 0.3) is 0 Å². The highest BCUT2D eigenvalue weighted by Crippen LogP contribution is 2.24. The summed E-state index contributed by atoms with van der Waals surface area (Å²) in [4.78, 5) is 12.0. The molecule has 2 rings (SSSR count). The third-order valence-corrected chi connectivity index (χ3v) is 4.04. The minimum atomic E-state index is -0.00866. The number of carbonyl (C=O) groups is 1. The van der Waals surface area contributed by atoms with Crippen molar-refractivity contribution in [1.29, 1.82) is 0 Å². The first-order valence-electron chi connectivity index (χ1n) is 6.10. The Morgan fingerprint density at radius 3 is 2.65 bits per heavy atom. The van der Waals surface area contributed by atoms with E-state index in [-0.39, 0.29) is 17.3 Å². The highest BCUT2D eigenvalue weighted by Gasteiger charge is 2.26. The molecule has 1 fully saturated rings. The molecule has 1 aliphatic carbocycles. The summed E-state index contributed by atoms with van der Waals surface area (Å²) in [6.07, 6.45) is 3.09. The topological polar surface area (TPSA) is 29.1 Å². The molecule has 0 radical (unpaired) electrons. The zero-order valence-electron chi connectivity index (χ0n) is 10.3. The lowest BCUT2D eigenvalue weighted by molar-refractivity contribution is 0.0938. The summed E-state index contributed by atoms with van der Waals surface area (Å²) in [6.45, 7) is 4.06. The predicted octanol–water partition coefficient (Wildman–Crippen LogP) is 3.19. The first-order chi connectivity index (χ1) is 8.08. The molecule has 1 N–H and O–H groups in total. The summed E-state index contributed by atoms with van der Waals surface area (Å²) in [7, 11) is 0. The summed E-state index contributed by atoms with van der Waals surface area (Å²) in [5.41, 5.74) is 3.08. The quantitative estimate of drug-likeness (QED) is 0.804. The average Bonchev–Trinajstić information content (AvgIpc) is 2.68. The molecule has 0 aliphatic heterocycles. The van der Waals surface area contributed by atoms with E-state index in [1.165, 1.54) is 5.56 Å². The Morgan fingerprint density at radius 2 is 2.06 bits per heavy atom. The monoisotopic (exact) mass is 251 g/mol. The van der Waals surface area contributed by atoms with Gasteiger partial charge in [-0.3, -0.25) is 4.79 Å². The summed E-state index contributed by atoms with van der Waals surface area (Å²) >= 11 is 6.15. The molecule has 17 heavy (non-hydrogen) atoms. The highest BCUT2D eigenvalue weighted by molar-refractivity contribution is 6.21. The van der Waals surface area contributed by atoms with Crippen molar-refractivity contribution in [3.63, 3.8) is 0 Å². The second-order valence-electron chi connectivity index (χ2n) is 4.83. The molecule has 1 aliphatic rings. The second kappa shape index (κ2) is 5.09. The SMILES string of the molecule is Cc1ccc(C(=O)NC2CCCC2Cl)cc1C. The van der Waals surface area contributed by atoms with Crippen LogP contribution in [-0.4, -0.2) is 17.3 Å². The summed E-state index contributed by atoms with van der Waals surface area (Å²) in [5, 5.41) is 3.11. The summed E-state index contributed by atoms with van der Waals surface area (Å²) in [6, 6.07) is 5.92. The standard InChI is InChI=1S/C14H18ClNO/c1-9-6-7-11(8-10(9)2)14(17)16-13-5-3-4-12(13)15/h6-8,12-13H,3-5H2,1-2H3,(H,16,17). The number of halogens is 1. The Labute approximate surface area is 107 Å². The number of hydrogen-bond acceptors (Lipinski definition) is 1. The number of hydrogen-bond donors (Lipinski definition) is 1. The maximum absolute atomic E-state index is 12.0. The molecule has 3 heteroatoms. The van der Waals surface area contributed by atoms with E-state index in [1.54, 1.807) is 0 Å². The Hall–Kier alpha value is -1.02. The third kappa shape index (κ3) is 2.81. The largest absolute Gasteiger partial charge is 0.348 e. The van der Waals surface area contributed by atoms with Crippen LogP contribution in [0.15, 0.2) is 18.2 Å². The molecular formula is C14H18ClNO. The molecule has 0 aromatic heterocycles. The van der Waals surface area contributed by atoms with E-state index in [2.05, 4.69) is 5.32 Å². The van der Waals surface area contributed by atoms with Crippen LogP contribution in [-0.2, 0) is 0 Å². The average molecular weight is 252 g/mol. The Bertz CT molecular complexity index is 430. The second-order valence-corrected chi connectivity index (χ2v) is 5.39. The smallest absolute Gasteiger partial charge is 0.251 e. The van der Waals surface area contributed by atoms with Crippen molar-refractivity contribution in [3.8, 4) is 0 Å². The van der Waals surface area contributed by atoms with Crippen molar-refractivity contribution in [2.75, 3.05) is 0 Å². The van der Waals surface area contributed by atoms with E-state index < -0.39 is 0 Å². The fraction of sp³-hybridized carbons (Fsp3) is 0.500. The molecule has 1 saturated carbocycles. The van der Waals surface area contributed by atoms with E-state index in [4.69, 9.17) is 11.6 Å². The lowest BCUT2D eigenvalue weighted by Gasteiger charge is -2.16. The Morgan fingerprint density at radius 1 is 1.29 bits per heavy atom. The number of aryl methyl sites for hydroxylation is 2. The van der Waals surface area contributed by atoms with Crippen LogP contribution < -0.4 is 5.32 Å². The molecule has 0 heterocycles. The lowest BCUT2D eigenvalue weighted by atomic mass is 10.1. The molecule has 1 aromatic carbocycles. The molecule has 92 valence electrons. The van der Waals surface area contributed by atoms with Crippen LogP contribution in [0.4, 0.5) is 0 Å². The lowest BCUT2D eigenvalue weighted by Crippen LogP contribution is -2.37. The van der Waals surface area contributed by atoms with Gasteiger partial charge in [-0.05, 0) is 56.4 Å². The zero-order valence-corrected chi connectivity index (χ0v) is 11.1. The van der Waals surface area contributed by atoms with Crippen molar-refractivity contribution in [3.05, 3.63) is 34.9 Å². The van der Waals surface area contributed by atoms with Gasteiger partial charge in [-0.2, -0.15) is 0 Å². The Kier molecular flexibility index (Phi) is 3.72. The van der Waals surface area contributed by atoms with Crippen molar-refractivity contribution in [2.24, 2.45) is 0 Å². The van der Waals surface area contributed by atoms with Crippen molar-refractivity contribution < 1.29 is 4.79 Å². The molecule has 1 amide bonds. The zero-order chi connectivity index (χ0) is 12.4. The van der Waals surface area contributed by atoms with Gasteiger partial charge in [-0.15, -0.1) is 11.6 Å². The maximum Gasteiger partial charge on any atom is 0.251 e. The van der Waals surface area contributed by atoms with Crippen molar-refractivity contribution in [1.82, 2.24) is 5.32 Å². The first-order valence-corrected chi connectivity index (χ1v) is 6.54. The van der Waals surface area contributed by atoms with E-state index in [0.29, 0.717) is 0 Å². The van der Waals surface area contributed by atoms with E-state index in [0.717, 1.165) is 30.4 Å². The molecule has 1 aromatic rings. The molecular weight excluding hydrogens is 234 g/mol. The first kappa shape index (κ1) is 12.4. The molecule has 0 saturated heterocycles. The van der Waals surface area contributed by atoms with Crippen LogP contribution >= 0.6 is 11.6 Å². The van der Waals surface area contributed by atoms with Crippen molar-refractivity contribution in [2.45, 2.75) is 44.5 Å². The Balaban J connectivity index is 2.06. The van der Waals surface area contributed by atoms with Gasteiger partial charge in [0.1, 0.15) is 0 Å². The molecule has 2 nitrogen and oxygen atoms in total. The minimum Gasteiger partial charge on any atom is -0.348 e. The number of carbonyl (C=O) groups excluding carboxylic acids is 1. The highest BCUT2D eigenvalue weighted by atomic mass is 35.5. The molecule has 0 bridgehead atoms. The maximum atomic E-state index is 12.0. The van der Waals surface area contributed by atoms with Crippen LogP contribution in [0.3, 0.4) is 0 Å². The molecule has 2 unspecified atom stereocenters. The van der Waals surface area contributed by atoms with Crippen LogP contribution in [0, 0.1) is 13.8 Å². The van der Waals surface area contributed by atoms with E-state index in [9.17, 15) is 4.79 Å². The third-order valence-electron chi connectivity index (χ3n) is 3.52. The summed E-state index contributed by atoms with van der Waals surface area (Å²) in [5.74, 6) is -0.00866. The van der Waals surface area contributed by atoms with Gasteiger partial charge in [0.05, 0.1) is 5.38 Å². The van der Waals surface area contributed by atoms with E-state index >= 15 is 0 Å². The number of alkyl halides is 1. The molecule has 2 atom stereocenters. The van der Waals surface area contributed by atoms with Crippen LogP contribution in [0.5, 0.6) is 0 Å². The van der Waals surface area contributed by atoms with Gasteiger partial charge in [0.2, 0.25) is 0 Å². The van der Waals surface area contributed by atoms with Crippen LogP contribution in [0.1, 0.15) is 40.7 Å². The van der Waals surface area contributed by atoms with Gasteiger partial charge < -0.3 is 5.32 Å². The van der Waals surface area contributed by atoms with E-state index in [1.807, 2.05) is 32.0 Å². The van der Waals surface area contributed by atoms with Gasteiger partial charge in [0.15, 0.2) is 0 Å². The predicted molar refractivity (Wildman–Crippen MR) is 70.7 cm³/mol. The number of amides is 1. The number of rotatable bonds is 2.